The average molecular weight is 950 g/mol. The third-order valence-electron chi connectivity index (χ3n) is 12.5. The summed E-state index contributed by atoms with van der Waals surface area (Å²) in [6, 6.07) is 0. The van der Waals surface area contributed by atoms with Crippen LogP contribution in [0.15, 0.2) is 72.9 Å². The minimum Gasteiger partial charge on any atom is -0.462 e. The molecule has 0 spiro atoms. The van der Waals surface area contributed by atoms with Crippen LogP contribution in [-0.4, -0.2) is 37.2 Å². The molecule has 0 aliphatic rings. The van der Waals surface area contributed by atoms with Crippen molar-refractivity contribution in [3.8, 4) is 0 Å². The molecule has 6 heteroatoms. The largest absolute Gasteiger partial charge is 0.462 e. The van der Waals surface area contributed by atoms with E-state index in [9.17, 15) is 14.4 Å². The van der Waals surface area contributed by atoms with Gasteiger partial charge in [-0.05, 0) is 89.9 Å². The van der Waals surface area contributed by atoms with Crippen LogP contribution in [-0.2, 0) is 28.6 Å². The number of esters is 3. The highest BCUT2D eigenvalue weighted by atomic mass is 16.6. The van der Waals surface area contributed by atoms with E-state index >= 15 is 0 Å². The molecule has 0 aromatic rings. The first-order chi connectivity index (χ1) is 33.5. The van der Waals surface area contributed by atoms with Gasteiger partial charge in [-0.15, -0.1) is 0 Å². The second kappa shape index (κ2) is 56.4. The van der Waals surface area contributed by atoms with Gasteiger partial charge < -0.3 is 14.2 Å². The van der Waals surface area contributed by atoms with E-state index < -0.39 is 6.10 Å². The molecule has 392 valence electrons. The summed E-state index contributed by atoms with van der Waals surface area (Å²) in [6.07, 6.45) is 71.9. The lowest BCUT2D eigenvalue weighted by atomic mass is 10.1. The number of allylic oxidation sites excluding steroid dienone is 12. The molecule has 0 bridgehead atoms. The van der Waals surface area contributed by atoms with Gasteiger partial charge in [0.25, 0.3) is 0 Å². The van der Waals surface area contributed by atoms with Gasteiger partial charge in [0.05, 0.1) is 0 Å². The van der Waals surface area contributed by atoms with Crippen LogP contribution in [0.3, 0.4) is 0 Å². The van der Waals surface area contributed by atoms with Crippen molar-refractivity contribution in [3.63, 3.8) is 0 Å². The predicted molar refractivity (Wildman–Crippen MR) is 293 cm³/mol. The smallest absolute Gasteiger partial charge is 0.306 e. The Balaban J connectivity index is 4.45. The first kappa shape index (κ1) is 64.8. The van der Waals surface area contributed by atoms with Gasteiger partial charge >= 0.3 is 17.9 Å². The van der Waals surface area contributed by atoms with E-state index in [-0.39, 0.29) is 37.5 Å². The maximum Gasteiger partial charge on any atom is 0.306 e. The Hall–Kier alpha value is -3.15. The summed E-state index contributed by atoms with van der Waals surface area (Å²) < 4.78 is 16.8. The van der Waals surface area contributed by atoms with Gasteiger partial charge in [0, 0.05) is 19.3 Å². The summed E-state index contributed by atoms with van der Waals surface area (Å²) in [7, 11) is 0. The zero-order valence-electron chi connectivity index (χ0n) is 44.9. The van der Waals surface area contributed by atoms with Gasteiger partial charge in [0.1, 0.15) is 13.2 Å². The van der Waals surface area contributed by atoms with E-state index in [1.54, 1.807) is 0 Å². The van der Waals surface area contributed by atoms with Crippen molar-refractivity contribution in [2.24, 2.45) is 0 Å². The lowest BCUT2D eigenvalue weighted by Gasteiger charge is -2.18. The highest BCUT2D eigenvalue weighted by molar-refractivity contribution is 5.71. The Kier molecular flexibility index (Phi) is 53.8. The molecule has 0 heterocycles. The Bertz CT molecular complexity index is 1270. The van der Waals surface area contributed by atoms with Crippen molar-refractivity contribution in [2.45, 2.75) is 290 Å². The fourth-order valence-corrected chi connectivity index (χ4v) is 8.08. The van der Waals surface area contributed by atoms with Crippen molar-refractivity contribution in [1.29, 1.82) is 0 Å². The lowest BCUT2D eigenvalue weighted by molar-refractivity contribution is -0.166. The van der Waals surface area contributed by atoms with Crippen LogP contribution in [0.4, 0.5) is 0 Å². The summed E-state index contributed by atoms with van der Waals surface area (Å²) in [6.45, 7) is 6.56. The zero-order chi connectivity index (χ0) is 49.3. The second-order valence-electron chi connectivity index (χ2n) is 19.3. The van der Waals surface area contributed by atoms with Gasteiger partial charge in [-0.25, -0.2) is 0 Å². The molecule has 68 heavy (non-hydrogen) atoms. The van der Waals surface area contributed by atoms with Crippen LogP contribution in [0.2, 0.25) is 0 Å². The molecule has 0 aromatic heterocycles. The molecular weight excluding hydrogens is 841 g/mol. The first-order valence-corrected chi connectivity index (χ1v) is 29.0. The molecular formula is C62H108O6. The van der Waals surface area contributed by atoms with E-state index in [1.165, 1.54) is 161 Å². The van der Waals surface area contributed by atoms with Crippen molar-refractivity contribution in [2.75, 3.05) is 13.2 Å². The highest BCUT2D eigenvalue weighted by Gasteiger charge is 2.19. The molecule has 1 atom stereocenters. The van der Waals surface area contributed by atoms with E-state index in [4.69, 9.17) is 14.2 Å². The maximum absolute atomic E-state index is 12.8. The molecule has 0 amide bonds. The van der Waals surface area contributed by atoms with Crippen LogP contribution < -0.4 is 0 Å². The Labute approximate surface area is 421 Å². The fraction of sp³-hybridized carbons (Fsp3) is 0.758. The van der Waals surface area contributed by atoms with Gasteiger partial charge in [0.2, 0.25) is 0 Å². The molecule has 0 aromatic carbocycles. The topological polar surface area (TPSA) is 78.9 Å². The van der Waals surface area contributed by atoms with Crippen molar-refractivity contribution in [3.05, 3.63) is 72.9 Å². The summed E-state index contributed by atoms with van der Waals surface area (Å²) >= 11 is 0. The van der Waals surface area contributed by atoms with Crippen LogP contribution in [0.25, 0.3) is 0 Å². The number of hydrogen-bond acceptors (Lipinski definition) is 6. The van der Waals surface area contributed by atoms with Crippen molar-refractivity contribution in [1.82, 2.24) is 0 Å². The molecule has 1 unspecified atom stereocenters. The molecule has 0 saturated carbocycles. The van der Waals surface area contributed by atoms with Gasteiger partial charge in [-0.1, -0.05) is 248 Å². The zero-order valence-corrected chi connectivity index (χ0v) is 44.9. The quantitative estimate of drug-likeness (QED) is 0.0199. The lowest BCUT2D eigenvalue weighted by Crippen LogP contribution is -2.30. The fourth-order valence-electron chi connectivity index (χ4n) is 8.08. The Morgan fingerprint density at radius 2 is 0.618 bits per heavy atom. The summed E-state index contributed by atoms with van der Waals surface area (Å²) in [4.78, 5) is 38.1. The molecule has 0 radical (unpaired) electrons. The molecule has 0 rings (SSSR count). The Morgan fingerprint density at radius 3 is 1.03 bits per heavy atom. The number of carbonyl (C=O) groups excluding carboxylic acids is 3. The third kappa shape index (κ3) is 53.8. The van der Waals surface area contributed by atoms with Crippen LogP contribution in [0.1, 0.15) is 284 Å². The number of carbonyl (C=O) groups is 3. The molecule has 0 saturated heterocycles. The Morgan fingerprint density at radius 1 is 0.309 bits per heavy atom. The highest BCUT2D eigenvalue weighted by Crippen LogP contribution is 2.15. The number of hydrogen-bond donors (Lipinski definition) is 0. The van der Waals surface area contributed by atoms with Crippen LogP contribution in [0, 0.1) is 0 Å². The molecule has 0 aliphatic heterocycles. The van der Waals surface area contributed by atoms with E-state index in [0.29, 0.717) is 19.3 Å². The standard InChI is InChI=1S/C62H108O6/c1-4-7-10-13-16-19-22-25-27-29-31-33-34-37-40-43-46-49-52-55-61(64)67-58-59(57-66-60(63)54-51-48-45-42-39-36-24-21-18-15-12-9-6-3)68-62(65)56-53-50-47-44-41-38-35-32-30-28-26-23-20-17-14-11-8-5-2/h23,26,28-32,35-36,39,45,48,59H,4-22,24-25,27,33-34,37-38,40-44,46-47,49-58H2,1-3H3/b26-23+,30-28+,31-29+,35-32+,39-36+,48-45+. The van der Waals surface area contributed by atoms with E-state index in [2.05, 4.69) is 87.6 Å². The van der Waals surface area contributed by atoms with Gasteiger partial charge in [-0.3, -0.25) is 14.4 Å². The van der Waals surface area contributed by atoms with Crippen molar-refractivity contribution < 1.29 is 28.6 Å². The van der Waals surface area contributed by atoms with E-state index in [1.807, 2.05) is 6.08 Å². The SMILES string of the molecule is CCCCCCC/C=C/C=C/C=C/CCCCCCCC(=O)OC(COC(=O)CC/C=C/C/C=C/CCCCCCCC)COC(=O)CCCCCCCCC/C=C/CCCCCCCCCC. The van der Waals surface area contributed by atoms with Crippen LogP contribution in [0.5, 0.6) is 0 Å². The number of ether oxygens (including phenoxy) is 3. The average Bonchev–Trinajstić information content (AvgIpc) is 3.34. The van der Waals surface area contributed by atoms with Crippen molar-refractivity contribution >= 4 is 17.9 Å². The predicted octanol–water partition coefficient (Wildman–Crippen LogP) is 19.4. The van der Waals surface area contributed by atoms with Gasteiger partial charge in [-0.2, -0.15) is 0 Å². The normalized spacial score (nSPS) is 12.6. The monoisotopic (exact) mass is 949 g/mol. The van der Waals surface area contributed by atoms with Gasteiger partial charge in [0.15, 0.2) is 6.10 Å². The maximum atomic E-state index is 12.8. The number of unbranched alkanes of at least 4 members (excludes halogenated alkanes) is 31. The summed E-state index contributed by atoms with van der Waals surface area (Å²) in [5, 5.41) is 0. The molecule has 0 fully saturated rings. The minimum absolute atomic E-state index is 0.103. The molecule has 6 nitrogen and oxygen atoms in total. The summed E-state index contributed by atoms with van der Waals surface area (Å²) in [5.74, 6) is -0.990. The first-order valence-electron chi connectivity index (χ1n) is 29.0. The second-order valence-corrected chi connectivity index (χ2v) is 19.3. The number of rotatable bonds is 52. The third-order valence-corrected chi connectivity index (χ3v) is 12.5. The molecule has 0 aliphatic carbocycles. The minimum atomic E-state index is -0.811. The van der Waals surface area contributed by atoms with Crippen LogP contribution >= 0.6 is 0 Å². The summed E-state index contributed by atoms with van der Waals surface area (Å²) in [5.41, 5.74) is 0. The van der Waals surface area contributed by atoms with E-state index in [0.717, 1.165) is 77.0 Å². The molecule has 0 N–H and O–H groups in total.